The molecule has 0 saturated carbocycles. The molecular formula is C13H21FN2O. The molecule has 3 nitrogen and oxygen atoms in total. The van der Waals surface area contributed by atoms with Crippen LogP contribution in [0.1, 0.15) is 36.9 Å². The number of hydrogen-bond donors (Lipinski definition) is 2. The van der Waals surface area contributed by atoms with Crippen LogP contribution in [-0.4, -0.2) is 13.2 Å². The third kappa shape index (κ3) is 4.42. The molecule has 0 spiro atoms. The molecule has 0 radical (unpaired) electrons. The molecule has 96 valence electrons. The maximum Gasteiger partial charge on any atom is 0.128 e. The van der Waals surface area contributed by atoms with Gasteiger partial charge in [0, 0.05) is 24.8 Å². The minimum atomic E-state index is -0.213. The van der Waals surface area contributed by atoms with E-state index < -0.39 is 0 Å². The second-order valence-electron chi connectivity index (χ2n) is 4.08. The first-order valence-corrected chi connectivity index (χ1v) is 5.99. The number of halogens is 1. The van der Waals surface area contributed by atoms with Crippen LogP contribution in [0.5, 0.6) is 0 Å². The Morgan fingerprint density at radius 3 is 2.88 bits per heavy atom. The predicted octanol–water partition coefficient (Wildman–Crippen LogP) is 2.46. The first-order valence-electron chi connectivity index (χ1n) is 5.99. The van der Waals surface area contributed by atoms with Crippen molar-refractivity contribution in [1.29, 1.82) is 0 Å². The molecule has 0 bridgehead atoms. The van der Waals surface area contributed by atoms with Crippen LogP contribution in [0.2, 0.25) is 0 Å². The van der Waals surface area contributed by atoms with Crippen LogP contribution in [0, 0.1) is 12.7 Å². The number of benzene rings is 1. The Kier molecular flexibility index (Phi) is 6.11. The molecule has 1 rings (SSSR count). The van der Waals surface area contributed by atoms with E-state index >= 15 is 0 Å². The van der Waals surface area contributed by atoms with Crippen molar-refractivity contribution in [3.63, 3.8) is 0 Å². The summed E-state index contributed by atoms with van der Waals surface area (Å²) in [4.78, 5) is 0. The summed E-state index contributed by atoms with van der Waals surface area (Å²) in [5, 5.41) is 0. The quantitative estimate of drug-likeness (QED) is 0.437. The predicted molar refractivity (Wildman–Crippen MR) is 66.9 cm³/mol. The SMILES string of the molecule is CCOCCCC(NN)c1cc(C)ccc1F. The van der Waals surface area contributed by atoms with Gasteiger partial charge in [0.2, 0.25) is 0 Å². The smallest absolute Gasteiger partial charge is 0.128 e. The number of rotatable bonds is 7. The van der Waals surface area contributed by atoms with Crippen molar-refractivity contribution in [2.24, 2.45) is 5.84 Å². The number of aryl methyl sites for hydroxylation is 1. The molecule has 0 aliphatic carbocycles. The lowest BCUT2D eigenvalue weighted by atomic mass is 10.0. The van der Waals surface area contributed by atoms with E-state index in [0.717, 1.165) is 18.4 Å². The zero-order valence-electron chi connectivity index (χ0n) is 10.5. The monoisotopic (exact) mass is 240 g/mol. The fourth-order valence-electron chi connectivity index (χ4n) is 1.79. The average Bonchev–Trinajstić information content (AvgIpc) is 2.33. The van der Waals surface area contributed by atoms with Gasteiger partial charge in [0.15, 0.2) is 0 Å². The zero-order chi connectivity index (χ0) is 12.7. The van der Waals surface area contributed by atoms with Gasteiger partial charge in [-0.25, -0.2) is 4.39 Å². The molecule has 1 aromatic carbocycles. The maximum absolute atomic E-state index is 13.7. The molecule has 0 fully saturated rings. The fraction of sp³-hybridized carbons (Fsp3) is 0.538. The molecule has 3 N–H and O–H groups in total. The van der Waals surface area contributed by atoms with Gasteiger partial charge in [-0.2, -0.15) is 0 Å². The van der Waals surface area contributed by atoms with Gasteiger partial charge in [-0.3, -0.25) is 11.3 Å². The normalized spacial score (nSPS) is 12.7. The largest absolute Gasteiger partial charge is 0.382 e. The van der Waals surface area contributed by atoms with E-state index in [9.17, 15) is 4.39 Å². The van der Waals surface area contributed by atoms with Gasteiger partial charge in [0.05, 0.1) is 0 Å². The maximum atomic E-state index is 13.7. The number of ether oxygens (including phenoxy) is 1. The van der Waals surface area contributed by atoms with Crippen molar-refractivity contribution in [3.05, 3.63) is 35.1 Å². The Bertz CT molecular complexity index is 344. The lowest BCUT2D eigenvalue weighted by Crippen LogP contribution is -2.29. The number of hydrazine groups is 1. The van der Waals surface area contributed by atoms with Gasteiger partial charge in [0.25, 0.3) is 0 Å². The Morgan fingerprint density at radius 1 is 1.47 bits per heavy atom. The van der Waals surface area contributed by atoms with Gasteiger partial charge in [-0.05, 0) is 32.8 Å². The molecule has 1 unspecified atom stereocenters. The summed E-state index contributed by atoms with van der Waals surface area (Å²) in [7, 11) is 0. The molecule has 4 heteroatoms. The molecule has 1 atom stereocenters. The first kappa shape index (κ1) is 14.1. The molecule has 17 heavy (non-hydrogen) atoms. The van der Waals surface area contributed by atoms with Crippen LogP contribution in [0.15, 0.2) is 18.2 Å². The summed E-state index contributed by atoms with van der Waals surface area (Å²) in [5.74, 6) is 5.27. The van der Waals surface area contributed by atoms with Crippen LogP contribution >= 0.6 is 0 Å². The summed E-state index contributed by atoms with van der Waals surface area (Å²) in [6, 6.07) is 4.92. The van der Waals surface area contributed by atoms with Crippen molar-refractivity contribution < 1.29 is 9.13 Å². The van der Waals surface area contributed by atoms with Crippen LogP contribution in [0.4, 0.5) is 4.39 Å². The van der Waals surface area contributed by atoms with Crippen molar-refractivity contribution in [2.45, 2.75) is 32.7 Å². The second kappa shape index (κ2) is 7.37. The average molecular weight is 240 g/mol. The molecule has 0 aromatic heterocycles. The molecule has 0 amide bonds. The number of hydrogen-bond acceptors (Lipinski definition) is 3. The minimum Gasteiger partial charge on any atom is -0.382 e. The first-order chi connectivity index (χ1) is 8.19. The summed E-state index contributed by atoms with van der Waals surface area (Å²) < 4.78 is 18.9. The van der Waals surface area contributed by atoms with Crippen LogP contribution in [0.25, 0.3) is 0 Å². The number of nitrogens with two attached hydrogens (primary N) is 1. The Morgan fingerprint density at radius 2 is 2.24 bits per heavy atom. The minimum absolute atomic E-state index is 0.157. The molecule has 1 aromatic rings. The van der Waals surface area contributed by atoms with E-state index in [-0.39, 0.29) is 11.9 Å². The third-order valence-corrected chi connectivity index (χ3v) is 2.71. The lowest BCUT2D eigenvalue weighted by molar-refractivity contribution is 0.140. The van der Waals surface area contributed by atoms with Crippen molar-refractivity contribution in [2.75, 3.05) is 13.2 Å². The lowest BCUT2D eigenvalue weighted by Gasteiger charge is -2.17. The second-order valence-corrected chi connectivity index (χ2v) is 4.08. The van der Waals surface area contributed by atoms with E-state index in [1.165, 1.54) is 6.07 Å². The summed E-state index contributed by atoms with van der Waals surface area (Å²) in [6.07, 6.45) is 1.62. The fourth-order valence-corrected chi connectivity index (χ4v) is 1.79. The van der Waals surface area contributed by atoms with E-state index in [0.29, 0.717) is 18.8 Å². The summed E-state index contributed by atoms with van der Waals surface area (Å²) >= 11 is 0. The Hall–Kier alpha value is -0.970. The Labute approximate surface area is 102 Å². The van der Waals surface area contributed by atoms with E-state index in [1.807, 2.05) is 19.9 Å². The van der Waals surface area contributed by atoms with Crippen molar-refractivity contribution >= 4 is 0 Å². The van der Waals surface area contributed by atoms with Gasteiger partial charge in [0.1, 0.15) is 5.82 Å². The Balaban J connectivity index is 2.62. The summed E-state index contributed by atoms with van der Waals surface area (Å²) in [5.41, 5.74) is 4.33. The van der Waals surface area contributed by atoms with Gasteiger partial charge in [-0.15, -0.1) is 0 Å². The van der Waals surface area contributed by atoms with Crippen molar-refractivity contribution in [3.8, 4) is 0 Å². The van der Waals surface area contributed by atoms with E-state index in [1.54, 1.807) is 6.07 Å². The van der Waals surface area contributed by atoms with Gasteiger partial charge in [-0.1, -0.05) is 17.7 Å². The van der Waals surface area contributed by atoms with Crippen molar-refractivity contribution in [1.82, 2.24) is 5.43 Å². The zero-order valence-corrected chi connectivity index (χ0v) is 10.5. The molecule has 0 aliphatic heterocycles. The van der Waals surface area contributed by atoms with Gasteiger partial charge < -0.3 is 4.74 Å². The van der Waals surface area contributed by atoms with E-state index in [2.05, 4.69) is 5.43 Å². The summed E-state index contributed by atoms with van der Waals surface area (Å²) in [6.45, 7) is 5.29. The van der Waals surface area contributed by atoms with Crippen LogP contribution in [-0.2, 0) is 4.74 Å². The highest BCUT2D eigenvalue weighted by atomic mass is 19.1. The number of nitrogens with one attached hydrogen (secondary N) is 1. The van der Waals surface area contributed by atoms with Crippen LogP contribution < -0.4 is 11.3 Å². The molecular weight excluding hydrogens is 219 g/mol. The van der Waals surface area contributed by atoms with E-state index in [4.69, 9.17) is 10.6 Å². The topological polar surface area (TPSA) is 47.3 Å². The standard InChI is InChI=1S/C13H21FN2O/c1-3-17-8-4-5-13(16-15)11-9-10(2)6-7-12(11)14/h6-7,9,13,16H,3-5,8,15H2,1-2H3. The third-order valence-electron chi connectivity index (χ3n) is 2.71. The highest BCUT2D eigenvalue weighted by molar-refractivity contribution is 5.26. The molecule has 0 heterocycles. The highest BCUT2D eigenvalue weighted by Gasteiger charge is 2.14. The molecule has 0 aliphatic rings. The van der Waals surface area contributed by atoms with Gasteiger partial charge >= 0.3 is 0 Å². The molecule has 0 saturated heterocycles. The van der Waals surface area contributed by atoms with Crippen LogP contribution in [0.3, 0.4) is 0 Å². The highest BCUT2D eigenvalue weighted by Crippen LogP contribution is 2.22.